The van der Waals surface area contributed by atoms with Crippen LogP contribution in [-0.4, -0.2) is 12.5 Å². The quantitative estimate of drug-likeness (QED) is 0.379. The fourth-order valence-corrected chi connectivity index (χ4v) is 1.13. The molecule has 4 N–H and O–H groups in total. The van der Waals surface area contributed by atoms with Crippen molar-refractivity contribution < 1.29 is 0 Å². The van der Waals surface area contributed by atoms with Crippen LogP contribution in [0.2, 0.25) is 0 Å². The highest BCUT2D eigenvalue weighted by Crippen LogP contribution is 2.07. The van der Waals surface area contributed by atoms with E-state index in [1.165, 1.54) is 5.56 Å². The van der Waals surface area contributed by atoms with Crippen molar-refractivity contribution in [2.45, 2.75) is 11.3 Å². The molecular weight excluding hydrogens is 182 g/mol. The fourth-order valence-electron chi connectivity index (χ4n) is 0.977. The summed E-state index contributed by atoms with van der Waals surface area (Å²) in [5.41, 5.74) is 11.6. The molecule has 0 heterocycles. The van der Waals surface area contributed by atoms with Gasteiger partial charge in [-0.3, -0.25) is 4.99 Å². The van der Waals surface area contributed by atoms with Crippen molar-refractivity contribution in [3.8, 4) is 0 Å². The van der Waals surface area contributed by atoms with Crippen molar-refractivity contribution >= 4 is 18.6 Å². The maximum atomic E-state index is 5.20. The largest absolute Gasteiger partial charge is 0.370 e. The van der Waals surface area contributed by atoms with Crippen LogP contribution in [0.1, 0.15) is 5.56 Å². The highest BCUT2D eigenvalue weighted by atomic mass is 32.1. The lowest BCUT2D eigenvalue weighted by atomic mass is 10.1. The zero-order valence-corrected chi connectivity index (χ0v) is 8.17. The van der Waals surface area contributed by atoms with Gasteiger partial charge in [0.1, 0.15) is 0 Å². The van der Waals surface area contributed by atoms with Crippen LogP contribution < -0.4 is 11.5 Å². The van der Waals surface area contributed by atoms with Gasteiger partial charge in [-0.1, -0.05) is 12.1 Å². The average molecular weight is 195 g/mol. The summed E-state index contributed by atoms with van der Waals surface area (Å²) in [4.78, 5) is 4.86. The predicted molar refractivity (Wildman–Crippen MR) is 58.1 cm³/mol. The van der Waals surface area contributed by atoms with E-state index in [4.69, 9.17) is 11.5 Å². The Kier molecular flexibility index (Phi) is 3.64. The van der Waals surface area contributed by atoms with Crippen LogP contribution >= 0.6 is 12.6 Å². The van der Waals surface area contributed by atoms with E-state index in [0.29, 0.717) is 6.54 Å². The first-order valence-electron chi connectivity index (χ1n) is 4.02. The molecule has 0 aliphatic rings. The van der Waals surface area contributed by atoms with Crippen LogP contribution in [0.25, 0.3) is 0 Å². The van der Waals surface area contributed by atoms with Gasteiger partial charge in [0, 0.05) is 11.4 Å². The summed E-state index contributed by atoms with van der Waals surface area (Å²) >= 11 is 4.19. The minimum Gasteiger partial charge on any atom is -0.370 e. The van der Waals surface area contributed by atoms with Crippen LogP contribution in [0.5, 0.6) is 0 Å². The summed E-state index contributed by atoms with van der Waals surface area (Å²) in [6.07, 6.45) is 0.853. The Hall–Kier alpha value is -1.16. The van der Waals surface area contributed by atoms with E-state index in [0.717, 1.165) is 11.3 Å². The Labute approximate surface area is 83.3 Å². The molecule has 0 aromatic heterocycles. The number of hydrogen-bond donors (Lipinski definition) is 3. The van der Waals surface area contributed by atoms with Crippen molar-refractivity contribution in [1.82, 2.24) is 0 Å². The molecule has 4 heteroatoms. The van der Waals surface area contributed by atoms with Gasteiger partial charge in [0.15, 0.2) is 5.96 Å². The van der Waals surface area contributed by atoms with Gasteiger partial charge in [-0.25, -0.2) is 0 Å². The monoisotopic (exact) mass is 195 g/mol. The molecule has 0 radical (unpaired) electrons. The number of nitrogens with two attached hydrogens (primary N) is 2. The van der Waals surface area contributed by atoms with Crippen LogP contribution in [0, 0.1) is 0 Å². The van der Waals surface area contributed by atoms with Gasteiger partial charge in [-0.15, -0.1) is 12.6 Å². The maximum absolute atomic E-state index is 5.20. The SMILES string of the molecule is NC(N)=NCCc1ccc(S)cc1. The molecule has 0 fully saturated rings. The van der Waals surface area contributed by atoms with Crippen molar-refractivity contribution in [3.05, 3.63) is 29.8 Å². The molecule has 13 heavy (non-hydrogen) atoms. The molecule has 0 atom stereocenters. The fraction of sp³-hybridized carbons (Fsp3) is 0.222. The van der Waals surface area contributed by atoms with Gasteiger partial charge in [0.2, 0.25) is 0 Å². The summed E-state index contributed by atoms with van der Waals surface area (Å²) in [6.45, 7) is 0.633. The minimum absolute atomic E-state index is 0.144. The summed E-state index contributed by atoms with van der Waals surface area (Å²) in [5, 5.41) is 0. The zero-order valence-electron chi connectivity index (χ0n) is 7.27. The van der Waals surface area contributed by atoms with Crippen molar-refractivity contribution in [3.63, 3.8) is 0 Å². The number of guanidine groups is 1. The molecule has 0 unspecified atom stereocenters. The summed E-state index contributed by atoms with van der Waals surface area (Å²) in [7, 11) is 0. The van der Waals surface area contributed by atoms with Crippen LogP contribution in [0.15, 0.2) is 34.2 Å². The summed E-state index contributed by atoms with van der Waals surface area (Å²) in [6, 6.07) is 7.94. The molecule has 1 aromatic rings. The molecule has 0 aliphatic heterocycles. The minimum atomic E-state index is 0.144. The third kappa shape index (κ3) is 3.85. The second-order valence-electron chi connectivity index (χ2n) is 2.72. The lowest BCUT2D eigenvalue weighted by Crippen LogP contribution is -2.23. The average Bonchev–Trinajstić information content (AvgIpc) is 2.08. The van der Waals surface area contributed by atoms with Gasteiger partial charge in [0.25, 0.3) is 0 Å². The Morgan fingerprint density at radius 2 is 1.85 bits per heavy atom. The Balaban J connectivity index is 2.46. The second kappa shape index (κ2) is 4.77. The summed E-state index contributed by atoms with van der Waals surface area (Å²) < 4.78 is 0. The molecule has 0 aliphatic carbocycles. The zero-order chi connectivity index (χ0) is 9.68. The molecular formula is C9H13N3S. The summed E-state index contributed by atoms with van der Waals surface area (Å²) in [5.74, 6) is 0.144. The highest BCUT2D eigenvalue weighted by Gasteiger charge is 1.91. The number of nitrogens with zero attached hydrogens (tertiary/aromatic N) is 1. The molecule has 0 saturated carbocycles. The Bertz CT molecular complexity index is 288. The van der Waals surface area contributed by atoms with Crippen molar-refractivity contribution in [1.29, 1.82) is 0 Å². The van der Waals surface area contributed by atoms with Gasteiger partial charge in [-0.2, -0.15) is 0 Å². The van der Waals surface area contributed by atoms with E-state index in [2.05, 4.69) is 17.6 Å². The third-order valence-corrected chi connectivity index (χ3v) is 1.93. The van der Waals surface area contributed by atoms with E-state index in [-0.39, 0.29) is 5.96 Å². The molecule has 3 nitrogen and oxygen atoms in total. The number of benzene rings is 1. The van der Waals surface area contributed by atoms with E-state index in [9.17, 15) is 0 Å². The number of aliphatic imine (C=N–C) groups is 1. The standard InChI is InChI=1S/C9H13N3S/c10-9(11)12-6-5-7-1-3-8(13)4-2-7/h1-4,13H,5-6H2,(H4,10,11,12). The second-order valence-corrected chi connectivity index (χ2v) is 3.24. The lowest BCUT2D eigenvalue weighted by Gasteiger charge is -1.98. The smallest absolute Gasteiger partial charge is 0.185 e. The highest BCUT2D eigenvalue weighted by molar-refractivity contribution is 7.80. The molecule has 0 saturated heterocycles. The Morgan fingerprint density at radius 3 is 2.38 bits per heavy atom. The van der Waals surface area contributed by atoms with Crippen LogP contribution in [0.4, 0.5) is 0 Å². The van der Waals surface area contributed by atoms with Crippen LogP contribution in [0.3, 0.4) is 0 Å². The van der Waals surface area contributed by atoms with Crippen molar-refractivity contribution in [2.75, 3.05) is 6.54 Å². The van der Waals surface area contributed by atoms with Gasteiger partial charge >= 0.3 is 0 Å². The number of thiol groups is 1. The maximum Gasteiger partial charge on any atom is 0.185 e. The molecule has 0 amide bonds. The molecule has 1 aromatic carbocycles. The van der Waals surface area contributed by atoms with Gasteiger partial charge < -0.3 is 11.5 Å². The predicted octanol–water partition coefficient (Wildman–Crippen LogP) is 0.791. The Morgan fingerprint density at radius 1 is 1.23 bits per heavy atom. The lowest BCUT2D eigenvalue weighted by molar-refractivity contribution is 0.960. The normalized spacial score (nSPS) is 9.62. The van der Waals surface area contributed by atoms with E-state index >= 15 is 0 Å². The number of rotatable bonds is 3. The molecule has 1 rings (SSSR count). The topological polar surface area (TPSA) is 64.4 Å². The van der Waals surface area contributed by atoms with E-state index < -0.39 is 0 Å². The first kappa shape index (κ1) is 9.92. The first-order valence-corrected chi connectivity index (χ1v) is 4.46. The molecule has 0 spiro atoms. The number of hydrogen-bond acceptors (Lipinski definition) is 2. The van der Waals surface area contributed by atoms with Crippen molar-refractivity contribution in [2.24, 2.45) is 16.5 Å². The first-order chi connectivity index (χ1) is 6.18. The molecule has 70 valence electrons. The van der Waals surface area contributed by atoms with E-state index in [1.807, 2.05) is 24.3 Å². The molecule has 0 bridgehead atoms. The van der Waals surface area contributed by atoms with E-state index in [1.54, 1.807) is 0 Å². The van der Waals surface area contributed by atoms with Crippen LogP contribution in [-0.2, 0) is 6.42 Å². The third-order valence-electron chi connectivity index (χ3n) is 1.63. The van der Waals surface area contributed by atoms with Gasteiger partial charge in [-0.05, 0) is 24.1 Å². The van der Waals surface area contributed by atoms with Gasteiger partial charge in [0.05, 0.1) is 0 Å².